The van der Waals surface area contributed by atoms with E-state index >= 15 is 0 Å². The van der Waals surface area contributed by atoms with Crippen LogP contribution in [-0.4, -0.2) is 18.6 Å². The Hall–Kier alpha value is -4.47. The molecule has 0 bridgehead atoms. The minimum atomic E-state index is -4.74. The molecule has 0 radical (unpaired) electrons. The Morgan fingerprint density at radius 1 is 0.683 bits per heavy atom. The summed E-state index contributed by atoms with van der Waals surface area (Å²) in [7, 11) is 0. The minimum absolute atomic E-state index is 0.0546. The summed E-state index contributed by atoms with van der Waals surface area (Å²) in [5, 5.41) is 2.79. The van der Waals surface area contributed by atoms with E-state index in [9.17, 15) is 31.1 Å². The molecule has 1 atom stereocenters. The molecule has 1 aliphatic heterocycles. The molecule has 0 fully saturated rings. The Bertz CT molecular complexity index is 1480. The topological polar surface area (TPSA) is 47.6 Å². The number of carbonyl (C=O) groups is 1. The second kappa shape index (κ2) is 10.8. The van der Waals surface area contributed by atoms with Crippen LogP contribution < -0.4 is 14.8 Å². The first-order valence-corrected chi connectivity index (χ1v) is 12.6. The fraction of sp³-hybridized carbons (Fsp3) is 0.194. The van der Waals surface area contributed by atoms with Crippen LogP contribution in [0.3, 0.4) is 0 Å². The molecular weight excluding hydrogens is 548 g/mol. The molecule has 212 valence electrons. The number of hydrogen-bond donors (Lipinski definition) is 1. The van der Waals surface area contributed by atoms with Crippen LogP contribution in [0, 0.1) is 0 Å². The number of halogens is 6. The van der Waals surface area contributed by atoms with E-state index in [0.717, 1.165) is 36.4 Å². The van der Waals surface area contributed by atoms with Crippen LogP contribution in [0.15, 0.2) is 103 Å². The van der Waals surface area contributed by atoms with Crippen LogP contribution >= 0.6 is 0 Å². The molecule has 10 heteroatoms. The van der Waals surface area contributed by atoms with Gasteiger partial charge < -0.3 is 14.8 Å². The van der Waals surface area contributed by atoms with Gasteiger partial charge in [0.15, 0.2) is 11.5 Å². The summed E-state index contributed by atoms with van der Waals surface area (Å²) in [5.74, 6) is -0.0844. The first kappa shape index (κ1) is 28.1. The fourth-order valence-electron chi connectivity index (χ4n) is 4.82. The molecule has 1 aliphatic rings. The average Bonchev–Trinajstić information content (AvgIpc) is 2.96. The van der Waals surface area contributed by atoms with Crippen molar-refractivity contribution in [2.75, 3.05) is 6.61 Å². The Morgan fingerprint density at radius 3 is 1.76 bits per heavy atom. The lowest BCUT2D eigenvalue weighted by Crippen LogP contribution is -2.54. The highest BCUT2D eigenvalue weighted by Crippen LogP contribution is 2.40. The first-order valence-electron chi connectivity index (χ1n) is 12.6. The lowest BCUT2D eigenvalue weighted by molar-refractivity contribution is -0.138. The zero-order valence-corrected chi connectivity index (χ0v) is 21.3. The van der Waals surface area contributed by atoms with Crippen LogP contribution in [-0.2, 0) is 29.1 Å². The number of ether oxygens (including phenoxy) is 2. The monoisotopic (exact) mass is 571 g/mol. The Morgan fingerprint density at radius 2 is 1.20 bits per heavy atom. The van der Waals surface area contributed by atoms with Gasteiger partial charge >= 0.3 is 12.4 Å². The number of hydrogen-bond acceptors (Lipinski definition) is 3. The number of benzene rings is 4. The molecule has 4 nitrogen and oxygen atoms in total. The molecule has 1 amide bonds. The highest BCUT2D eigenvalue weighted by atomic mass is 19.4. The van der Waals surface area contributed by atoms with Crippen molar-refractivity contribution in [2.24, 2.45) is 0 Å². The second-order valence-corrected chi connectivity index (χ2v) is 9.58. The molecule has 0 saturated carbocycles. The van der Waals surface area contributed by atoms with Crippen LogP contribution in [0.2, 0.25) is 0 Å². The van der Waals surface area contributed by atoms with Crippen molar-refractivity contribution in [1.82, 2.24) is 5.32 Å². The van der Waals surface area contributed by atoms with E-state index in [4.69, 9.17) is 9.47 Å². The molecule has 0 spiro atoms. The van der Waals surface area contributed by atoms with Gasteiger partial charge in [0.05, 0.1) is 16.7 Å². The Kier molecular flexibility index (Phi) is 7.42. The maximum atomic E-state index is 13.8. The number of fused-ring (bicyclic) bond motifs is 1. The summed E-state index contributed by atoms with van der Waals surface area (Å²) in [5.41, 5.74) is -3.43. The molecule has 41 heavy (non-hydrogen) atoms. The highest BCUT2D eigenvalue weighted by molar-refractivity contribution is 5.83. The van der Waals surface area contributed by atoms with Gasteiger partial charge in [-0.05, 0) is 53.1 Å². The molecule has 0 aliphatic carbocycles. The standard InChI is InChI=1S/C31H23F6NO3/c32-30(33,34)23-12-6-10-21(16-23)29(18-20-8-2-1-3-9-20,22-11-7-13-24(17-22)31(35,36)37)38-28(39)27-19-40-25-14-4-5-15-26(25)41-27/h1-17,27H,18-19H2,(H,38,39). The van der Waals surface area contributed by atoms with Crippen molar-refractivity contribution in [3.05, 3.63) is 131 Å². The SMILES string of the molecule is O=C(NC(Cc1ccccc1)(c1cccc(C(F)(F)F)c1)c1cccc(C(F)(F)F)c1)C1COc2ccccc2O1. The van der Waals surface area contributed by atoms with Gasteiger partial charge in [-0.2, -0.15) is 26.3 Å². The molecule has 0 saturated heterocycles. The van der Waals surface area contributed by atoms with E-state index in [-0.39, 0.29) is 29.9 Å². The molecule has 1 N–H and O–H groups in total. The number of amides is 1. The van der Waals surface area contributed by atoms with Gasteiger partial charge in [-0.1, -0.05) is 66.7 Å². The Labute approximate surface area is 231 Å². The zero-order chi connectivity index (χ0) is 29.3. The summed E-state index contributed by atoms with van der Waals surface area (Å²) in [4.78, 5) is 13.8. The minimum Gasteiger partial charge on any atom is -0.485 e. The lowest BCUT2D eigenvalue weighted by Gasteiger charge is -2.38. The highest BCUT2D eigenvalue weighted by Gasteiger charge is 2.42. The van der Waals surface area contributed by atoms with Gasteiger partial charge in [0, 0.05) is 6.42 Å². The number of rotatable bonds is 6. The average molecular weight is 572 g/mol. The zero-order valence-electron chi connectivity index (χ0n) is 21.3. The van der Waals surface area contributed by atoms with E-state index in [1.807, 2.05) is 0 Å². The van der Waals surface area contributed by atoms with E-state index in [1.165, 1.54) is 12.1 Å². The van der Waals surface area contributed by atoms with E-state index < -0.39 is 41.0 Å². The number of para-hydroxylation sites is 2. The second-order valence-electron chi connectivity index (χ2n) is 9.58. The van der Waals surface area contributed by atoms with Crippen molar-refractivity contribution in [1.29, 1.82) is 0 Å². The van der Waals surface area contributed by atoms with Crippen LogP contribution in [0.1, 0.15) is 27.8 Å². The summed E-state index contributed by atoms with van der Waals surface area (Å²) in [6.45, 7) is -0.213. The molecule has 5 rings (SSSR count). The quantitative estimate of drug-likeness (QED) is 0.250. The number of nitrogens with one attached hydrogen (secondary N) is 1. The molecular formula is C31H23F6NO3. The summed E-state index contributed by atoms with van der Waals surface area (Å²) >= 11 is 0. The van der Waals surface area contributed by atoms with E-state index in [0.29, 0.717) is 11.3 Å². The maximum absolute atomic E-state index is 13.8. The fourth-order valence-corrected chi connectivity index (χ4v) is 4.82. The smallest absolute Gasteiger partial charge is 0.416 e. The third-order valence-corrected chi connectivity index (χ3v) is 6.82. The van der Waals surface area contributed by atoms with E-state index in [1.54, 1.807) is 54.6 Å². The van der Waals surface area contributed by atoms with Crippen LogP contribution in [0.5, 0.6) is 11.5 Å². The van der Waals surface area contributed by atoms with Crippen molar-refractivity contribution in [3.8, 4) is 11.5 Å². The summed E-state index contributed by atoms with van der Waals surface area (Å²) < 4.78 is 94.4. The summed E-state index contributed by atoms with van der Waals surface area (Å²) in [6, 6.07) is 23.5. The molecule has 4 aromatic carbocycles. The first-order chi connectivity index (χ1) is 19.5. The maximum Gasteiger partial charge on any atom is 0.416 e. The lowest BCUT2D eigenvalue weighted by atomic mass is 9.76. The van der Waals surface area contributed by atoms with Gasteiger partial charge in [-0.3, -0.25) is 4.79 Å². The summed E-state index contributed by atoms with van der Waals surface area (Å²) in [6.07, 6.45) is -10.9. The number of alkyl halides is 6. The van der Waals surface area contributed by atoms with Gasteiger partial charge in [0.1, 0.15) is 6.61 Å². The predicted molar refractivity (Wildman–Crippen MR) is 138 cm³/mol. The molecule has 1 heterocycles. The molecule has 4 aromatic rings. The van der Waals surface area contributed by atoms with Crippen LogP contribution in [0.4, 0.5) is 26.3 Å². The van der Waals surface area contributed by atoms with Crippen molar-refractivity contribution < 1.29 is 40.6 Å². The molecule has 1 unspecified atom stereocenters. The van der Waals surface area contributed by atoms with E-state index in [2.05, 4.69) is 5.32 Å². The Balaban J connectivity index is 1.68. The predicted octanol–water partition coefficient (Wildman–Crippen LogP) is 7.17. The molecule has 0 aromatic heterocycles. The van der Waals surface area contributed by atoms with Gasteiger partial charge in [0.25, 0.3) is 5.91 Å². The third kappa shape index (κ3) is 6.01. The van der Waals surface area contributed by atoms with Crippen LogP contribution in [0.25, 0.3) is 0 Å². The van der Waals surface area contributed by atoms with Crippen molar-refractivity contribution in [2.45, 2.75) is 30.4 Å². The van der Waals surface area contributed by atoms with Crippen molar-refractivity contribution in [3.63, 3.8) is 0 Å². The van der Waals surface area contributed by atoms with Crippen molar-refractivity contribution >= 4 is 5.91 Å². The largest absolute Gasteiger partial charge is 0.485 e. The van der Waals surface area contributed by atoms with Gasteiger partial charge in [-0.25, -0.2) is 0 Å². The number of carbonyl (C=O) groups excluding carboxylic acids is 1. The van der Waals surface area contributed by atoms with Gasteiger partial charge in [0.2, 0.25) is 6.10 Å². The normalized spacial score (nSPS) is 15.3. The van der Waals surface area contributed by atoms with Gasteiger partial charge in [-0.15, -0.1) is 0 Å². The third-order valence-electron chi connectivity index (χ3n) is 6.82.